The molecule has 0 aliphatic rings. The molecular formula is C9H16N2. The third kappa shape index (κ3) is 4.48. The SMILES string of the molecule is CCC(=N)/C=C\C(=N)C(C)C. The van der Waals surface area contributed by atoms with E-state index in [4.69, 9.17) is 10.8 Å². The van der Waals surface area contributed by atoms with Gasteiger partial charge in [-0.3, -0.25) is 0 Å². The van der Waals surface area contributed by atoms with Gasteiger partial charge in [-0.25, -0.2) is 0 Å². The minimum atomic E-state index is 0.260. The number of allylic oxidation sites excluding steroid dienone is 2. The third-order valence-electron chi connectivity index (χ3n) is 1.47. The van der Waals surface area contributed by atoms with E-state index < -0.39 is 0 Å². The van der Waals surface area contributed by atoms with Crippen molar-refractivity contribution in [2.75, 3.05) is 0 Å². The molecule has 0 aliphatic heterocycles. The molecule has 0 aromatic heterocycles. The van der Waals surface area contributed by atoms with Crippen molar-refractivity contribution >= 4 is 11.4 Å². The molecule has 0 atom stereocenters. The highest BCUT2D eigenvalue weighted by Crippen LogP contribution is 1.96. The molecule has 11 heavy (non-hydrogen) atoms. The molecule has 0 rings (SSSR count). The number of hydrogen-bond donors (Lipinski definition) is 2. The molecule has 0 radical (unpaired) electrons. The molecule has 62 valence electrons. The average molecular weight is 152 g/mol. The minimum absolute atomic E-state index is 0.260. The van der Waals surface area contributed by atoms with Gasteiger partial charge in [0.05, 0.1) is 0 Å². The summed E-state index contributed by atoms with van der Waals surface area (Å²) in [6, 6.07) is 0. The van der Waals surface area contributed by atoms with Gasteiger partial charge in [-0.15, -0.1) is 0 Å². The lowest BCUT2D eigenvalue weighted by atomic mass is 10.1. The highest BCUT2D eigenvalue weighted by molar-refractivity contribution is 6.01. The quantitative estimate of drug-likeness (QED) is 0.582. The van der Waals surface area contributed by atoms with Crippen molar-refractivity contribution in [1.82, 2.24) is 0 Å². The van der Waals surface area contributed by atoms with E-state index in [-0.39, 0.29) is 5.92 Å². The Bertz CT molecular complexity index is 178. The fourth-order valence-corrected chi connectivity index (χ4v) is 0.501. The second-order valence-electron chi connectivity index (χ2n) is 2.82. The van der Waals surface area contributed by atoms with E-state index in [0.29, 0.717) is 11.4 Å². The van der Waals surface area contributed by atoms with E-state index >= 15 is 0 Å². The summed E-state index contributed by atoms with van der Waals surface area (Å²) in [4.78, 5) is 0. The Hall–Kier alpha value is -0.920. The van der Waals surface area contributed by atoms with Crippen LogP contribution in [0.3, 0.4) is 0 Å². The zero-order valence-corrected chi connectivity index (χ0v) is 7.44. The molecule has 0 aromatic rings. The first-order valence-electron chi connectivity index (χ1n) is 3.91. The standard InChI is InChI=1S/C9H16N2/c1-4-8(10)5-6-9(11)7(2)3/h5-7,10-11H,4H2,1-3H3/b6-5-,10-8?,11-9?. The van der Waals surface area contributed by atoms with Gasteiger partial charge in [0.15, 0.2) is 0 Å². The maximum absolute atomic E-state index is 7.43. The molecule has 0 aliphatic carbocycles. The van der Waals surface area contributed by atoms with Crippen LogP contribution in [0, 0.1) is 16.7 Å². The second-order valence-corrected chi connectivity index (χ2v) is 2.82. The van der Waals surface area contributed by atoms with Crippen LogP contribution in [-0.2, 0) is 0 Å². The fraction of sp³-hybridized carbons (Fsp3) is 0.556. The minimum Gasteiger partial charge on any atom is -0.305 e. The van der Waals surface area contributed by atoms with Gasteiger partial charge in [0.2, 0.25) is 0 Å². The zero-order chi connectivity index (χ0) is 8.85. The van der Waals surface area contributed by atoms with E-state index in [1.54, 1.807) is 12.2 Å². The number of nitrogens with one attached hydrogen (secondary N) is 2. The summed E-state index contributed by atoms with van der Waals surface area (Å²) in [5.74, 6) is 0.260. The predicted molar refractivity (Wildman–Crippen MR) is 49.7 cm³/mol. The van der Waals surface area contributed by atoms with Crippen LogP contribution in [-0.4, -0.2) is 11.4 Å². The maximum atomic E-state index is 7.43. The van der Waals surface area contributed by atoms with Crippen LogP contribution in [0.15, 0.2) is 12.2 Å². The lowest BCUT2D eigenvalue weighted by Gasteiger charge is -1.99. The monoisotopic (exact) mass is 152 g/mol. The normalized spacial score (nSPS) is 10.9. The molecule has 0 unspecified atom stereocenters. The maximum Gasteiger partial charge on any atom is 0.0339 e. The predicted octanol–water partition coefficient (Wildman–Crippen LogP) is 2.65. The van der Waals surface area contributed by atoms with Crippen molar-refractivity contribution in [3.8, 4) is 0 Å². The molecule has 0 saturated heterocycles. The molecule has 0 spiro atoms. The summed E-state index contributed by atoms with van der Waals surface area (Å²) in [5.41, 5.74) is 1.17. The van der Waals surface area contributed by atoms with Crippen LogP contribution in [0.4, 0.5) is 0 Å². The highest BCUT2D eigenvalue weighted by Gasteiger charge is 1.96. The Morgan fingerprint density at radius 2 is 1.82 bits per heavy atom. The average Bonchev–Trinajstić information content (AvgIpc) is 1.99. The number of rotatable bonds is 4. The zero-order valence-electron chi connectivity index (χ0n) is 7.44. The van der Waals surface area contributed by atoms with Crippen LogP contribution in [0.1, 0.15) is 27.2 Å². The van der Waals surface area contributed by atoms with E-state index in [1.807, 2.05) is 20.8 Å². The molecule has 0 aromatic carbocycles. The van der Waals surface area contributed by atoms with Crippen LogP contribution >= 0.6 is 0 Å². The van der Waals surface area contributed by atoms with Gasteiger partial charge in [0, 0.05) is 11.4 Å². The molecule has 2 N–H and O–H groups in total. The number of hydrogen-bond acceptors (Lipinski definition) is 2. The van der Waals surface area contributed by atoms with Crippen molar-refractivity contribution < 1.29 is 0 Å². The Balaban J connectivity index is 3.93. The molecule has 0 fully saturated rings. The Labute approximate surface area is 68.3 Å². The van der Waals surface area contributed by atoms with Crippen LogP contribution in [0.25, 0.3) is 0 Å². The van der Waals surface area contributed by atoms with Crippen LogP contribution in [0.2, 0.25) is 0 Å². The summed E-state index contributed by atoms with van der Waals surface area (Å²) < 4.78 is 0. The van der Waals surface area contributed by atoms with Gasteiger partial charge in [-0.05, 0) is 24.5 Å². The van der Waals surface area contributed by atoms with Gasteiger partial charge in [0.1, 0.15) is 0 Å². The lowest BCUT2D eigenvalue weighted by Crippen LogP contribution is -2.02. The summed E-state index contributed by atoms with van der Waals surface area (Å²) in [6.07, 6.45) is 4.14. The summed E-state index contributed by atoms with van der Waals surface area (Å²) in [7, 11) is 0. The molecule has 0 amide bonds. The van der Waals surface area contributed by atoms with E-state index in [0.717, 1.165) is 6.42 Å². The summed E-state index contributed by atoms with van der Waals surface area (Å²) in [6.45, 7) is 5.89. The van der Waals surface area contributed by atoms with Gasteiger partial charge in [-0.1, -0.05) is 20.8 Å². The Morgan fingerprint density at radius 3 is 2.18 bits per heavy atom. The van der Waals surface area contributed by atoms with Crippen LogP contribution < -0.4 is 0 Å². The smallest absolute Gasteiger partial charge is 0.0339 e. The van der Waals surface area contributed by atoms with E-state index in [1.165, 1.54) is 0 Å². The highest BCUT2D eigenvalue weighted by atomic mass is 14.4. The third-order valence-corrected chi connectivity index (χ3v) is 1.47. The molecule has 0 bridgehead atoms. The van der Waals surface area contributed by atoms with Crippen molar-refractivity contribution in [3.05, 3.63) is 12.2 Å². The first kappa shape index (κ1) is 10.1. The first-order chi connectivity index (χ1) is 5.07. The van der Waals surface area contributed by atoms with Gasteiger partial charge in [0.25, 0.3) is 0 Å². The lowest BCUT2D eigenvalue weighted by molar-refractivity contribution is 0.882. The van der Waals surface area contributed by atoms with Crippen molar-refractivity contribution in [1.29, 1.82) is 10.8 Å². The van der Waals surface area contributed by atoms with Gasteiger partial charge in [-0.2, -0.15) is 0 Å². The molecule has 0 saturated carbocycles. The summed E-state index contributed by atoms with van der Waals surface area (Å²) >= 11 is 0. The molecule has 2 nitrogen and oxygen atoms in total. The first-order valence-corrected chi connectivity index (χ1v) is 3.91. The molecule has 0 heterocycles. The van der Waals surface area contributed by atoms with Crippen LogP contribution in [0.5, 0.6) is 0 Å². The summed E-state index contributed by atoms with van der Waals surface area (Å²) in [5, 5.41) is 14.7. The van der Waals surface area contributed by atoms with Crippen molar-refractivity contribution in [3.63, 3.8) is 0 Å². The molecular weight excluding hydrogens is 136 g/mol. The topological polar surface area (TPSA) is 47.7 Å². The van der Waals surface area contributed by atoms with Gasteiger partial charge < -0.3 is 10.8 Å². The van der Waals surface area contributed by atoms with Crippen molar-refractivity contribution in [2.45, 2.75) is 27.2 Å². The van der Waals surface area contributed by atoms with E-state index in [2.05, 4.69) is 0 Å². The second kappa shape index (κ2) is 4.83. The molecule has 2 heteroatoms. The van der Waals surface area contributed by atoms with Crippen molar-refractivity contribution in [2.24, 2.45) is 5.92 Å². The fourth-order valence-electron chi connectivity index (χ4n) is 0.501. The Kier molecular flexibility index (Phi) is 4.42. The largest absolute Gasteiger partial charge is 0.305 e. The Morgan fingerprint density at radius 1 is 1.27 bits per heavy atom. The van der Waals surface area contributed by atoms with Gasteiger partial charge >= 0.3 is 0 Å². The van der Waals surface area contributed by atoms with E-state index in [9.17, 15) is 0 Å².